The molecule has 1 saturated heterocycles. The van der Waals surface area contributed by atoms with Crippen LogP contribution in [0.25, 0.3) is 0 Å². The van der Waals surface area contributed by atoms with Crippen LogP contribution in [0.1, 0.15) is 24.4 Å². The van der Waals surface area contributed by atoms with Crippen LogP contribution in [-0.4, -0.2) is 36.9 Å². The fraction of sp³-hybridized carbons (Fsp3) is 0.417. The van der Waals surface area contributed by atoms with Crippen molar-refractivity contribution < 1.29 is 18.3 Å². The molecule has 2 N–H and O–H groups in total. The van der Waals surface area contributed by atoms with Gasteiger partial charge in [0.2, 0.25) is 0 Å². The Bertz CT molecular complexity index is 538. The van der Waals surface area contributed by atoms with Gasteiger partial charge in [0.1, 0.15) is 6.04 Å². The van der Waals surface area contributed by atoms with Gasteiger partial charge in [-0.3, -0.25) is 4.79 Å². The lowest BCUT2D eigenvalue weighted by molar-refractivity contribution is -0.139. The molecule has 0 aromatic heterocycles. The van der Waals surface area contributed by atoms with Crippen molar-refractivity contribution in [2.75, 3.05) is 13.1 Å². The maximum atomic E-state index is 12.1. The topological polar surface area (TPSA) is 86.7 Å². The average molecular weight is 284 g/mol. The lowest BCUT2D eigenvalue weighted by Gasteiger charge is -2.20. The molecule has 0 saturated carbocycles. The van der Waals surface area contributed by atoms with Crippen LogP contribution in [0.2, 0.25) is 0 Å². The monoisotopic (exact) mass is 284 g/mol. The fourth-order valence-electron chi connectivity index (χ4n) is 2.06. The Kier molecular flexibility index (Phi) is 4.18. The van der Waals surface area contributed by atoms with E-state index in [9.17, 15) is 18.3 Å². The summed E-state index contributed by atoms with van der Waals surface area (Å²) in [4.78, 5) is 11.2. The quantitative estimate of drug-likeness (QED) is 0.835. The molecule has 0 bridgehead atoms. The number of carboxylic acids is 1. The molecular formula is C12H16N2O4S. The minimum absolute atomic E-state index is 0.415. The molecule has 104 valence electrons. The predicted molar refractivity (Wildman–Crippen MR) is 69.7 cm³/mol. The number of nitrogens with zero attached hydrogens (tertiary/aromatic N) is 1. The summed E-state index contributed by atoms with van der Waals surface area (Å²) in [5, 5.41) is 9.19. The van der Waals surface area contributed by atoms with Gasteiger partial charge in [-0.2, -0.15) is 17.4 Å². The summed E-state index contributed by atoms with van der Waals surface area (Å²) in [6.45, 7) is 0.882. The van der Waals surface area contributed by atoms with Crippen LogP contribution in [0.15, 0.2) is 30.3 Å². The van der Waals surface area contributed by atoms with Crippen LogP contribution in [0, 0.1) is 0 Å². The minimum atomic E-state index is -3.75. The van der Waals surface area contributed by atoms with Crippen molar-refractivity contribution in [3.63, 3.8) is 0 Å². The number of hydrogen-bond acceptors (Lipinski definition) is 3. The smallest absolute Gasteiger partial charge is 0.326 e. The van der Waals surface area contributed by atoms with Crippen molar-refractivity contribution in [2.24, 2.45) is 0 Å². The molecule has 1 aromatic rings. The molecule has 2 rings (SSSR count). The Hall–Kier alpha value is -1.44. The van der Waals surface area contributed by atoms with Gasteiger partial charge in [-0.15, -0.1) is 0 Å². The van der Waals surface area contributed by atoms with E-state index < -0.39 is 22.2 Å². The van der Waals surface area contributed by atoms with E-state index in [-0.39, 0.29) is 0 Å². The molecule has 1 fully saturated rings. The molecule has 0 amide bonds. The van der Waals surface area contributed by atoms with Gasteiger partial charge >= 0.3 is 5.97 Å². The Morgan fingerprint density at radius 1 is 1.21 bits per heavy atom. The van der Waals surface area contributed by atoms with Gasteiger partial charge in [-0.25, -0.2) is 0 Å². The van der Waals surface area contributed by atoms with E-state index in [0.29, 0.717) is 18.7 Å². The number of hydrogen-bond donors (Lipinski definition) is 2. The van der Waals surface area contributed by atoms with Gasteiger partial charge in [0.05, 0.1) is 0 Å². The number of rotatable bonds is 5. The number of benzene rings is 1. The highest BCUT2D eigenvalue weighted by Gasteiger charge is 2.31. The zero-order valence-electron chi connectivity index (χ0n) is 10.3. The zero-order valence-corrected chi connectivity index (χ0v) is 11.1. The number of aliphatic carboxylic acids is 1. The largest absolute Gasteiger partial charge is 0.480 e. The summed E-state index contributed by atoms with van der Waals surface area (Å²) < 4.78 is 27.7. The molecule has 1 atom stereocenters. The predicted octanol–water partition coefficient (Wildman–Crippen LogP) is 0.743. The van der Waals surface area contributed by atoms with Crippen molar-refractivity contribution in [1.29, 1.82) is 0 Å². The second kappa shape index (κ2) is 5.68. The van der Waals surface area contributed by atoms with E-state index in [2.05, 4.69) is 4.72 Å². The van der Waals surface area contributed by atoms with Gasteiger partial charge in [0.25, 0.3) is 10.2 Å². The third-order valence-corrected chi connectivity index (χ3v) is 4.63. The maximum Gasteiger partial charge on any atom is 0.326 e. The summed E-state index contributed by atoms with van der Waals surface area (Å²) in [7, 11) is -3.75. The van der Waals surface area contributed by atoms with E-state index >= 15 is 0 Å². The molecule has 1 aliphatic rings. The molecule has 1 aliphatic heterocycles. The third-order valence-electron chi connectivity index (χ3n) is 3.05. The summed E-state index contributed by atoms with van der Waals surface area (Å²) in [6.07, 6.45) is 1.62. The molecule has 1 aromatic carbocycles. The first-order valence-electron chi connectivity index (χ1n) is 6.06. The Balaban J connectivity index is 2.20. The highest BCUT2D eigenvalue weighted by atomic mass is 32.2. The molecular weight excluding hydrogens is 268 g/mol. The lowest BCUT2D eigenvalue weighted by Crippen LogP contribution is -2.43. The molecule has 1 heterocycles. The minimum Gasteiger partial charge on any atom is -0.480 e. The van der Waals surface area contributed by atoms with Crippen LogP contribution in [0.5, 0.6) is 0 Å². The summed E-state index contributed by atoms with van der Waals surface area (Å²) in [6, 6.07) is 7.02. The Labute approximate surface area is 112 Å². The summed E-state index contributed by atoms with van der Waals surface area (Å²) in [5.41, 5.74) is 0.415. The van der Waals surface area contributed by atoms with Crippen molar-refractivity contribution in [1.82, 2.24) is 9.03 Å². The molecule has 19 heavy (non-hydrogen) atoms. The van der Waals surface area contributed by atoms with Gasteiger partial charge in [0, 0.05) is 13.1 Å². The first kappa shape index (κ1) is 14.0. The fourth-order valence-corrected chi connectivity index (χ4v) is 3.48. The van der Waals surface area contributed by atoms with Crippen molar-refractivity contribution >= 4 is 16.2 Å². The highest BCUT2D eigenvalue weighted by molar-refractivity contribution is 7.87. The van der Waals surface area contributed by atoms with E-state index in [1.165, 1.54) is 4.31 Å². The van der Waals surface area contributed by atoms with Crippen LogP contribution >= 0.6 is 0 Å². The standard InChI is InChI=1S/C12H16N2O4S/c15-12(16)11(10-6-2-1-3-7-10)13-19(17,18)14-8-4-5-9-14/h1-3,6-7,11,13H,4-5,8-9H2,(H,15,16). The van der Waals surface area contributed by atoms with Crippen LogP contribution in [-0.2, 0) is 15.0 Å². The van der Waals surface area contributed by atoms with Crippen molar-refractivity contribution in [2.45, 2.75) is 18.9 Å². The van der Waals surface area contributed by atoms with Gasteiger partial charge in [0.15, 0.2) is 0 Å². The van der Waals surface area contributed by atoms with Gasteiger partial charge < -0.3 is 5.11 Å². The first-order chi connectivity index (χ1) is 9.00. The van der Waals surface area contributed by atoms with Gasteiger partial charge in [-0.1, -0.05) is 30.3 Å². The normalized spacial score (nSPS) is 18.3. The average Bonchev–Trinajstić information content (AvgIpc) is 2.91. The van der Waals surface area contributed by atoms with E-state index in [1.54, 1.807) is 30.3 Å². The molecule has 0 spiro atoms. The molecule has 7 heteroatoms. The molecule has 6 nitrogen and oxygen atoms in total. The van der Waals surface area contributed by atoms with Gasteiger partial charge in [-0.05, 0) is 18.4 Å². The maximum absolute atomic E-state index is 12.1. The number of carbonyl (C=O) groups is 1. The number of carboxylic acid groups (broad SMARTS) is 1. The van der Waals surface area contributed by atoms with E-state index in [4.69, 9.17) is 0 Å². The SMILES string of the molecule is O=C(O)C(NS(=O)(=O)N1CCCC1)c1ccccc1. The Morgan fingerprint density at radius 2 is 1.79 bits per heavy atom. The van der Waals surface area contributed by atoms with E-state index in [1.807, 2.05) is 0 Å². The van der Waals surface area contributed by atoms with Crippen LogP contribution in [0.4, 0.5) is 0 Å². The second-order valence-electron chi connectivity index (χ2n) is 4.41. The van der Waals surface area contributed by atoms with Crippen LogP contribution in [0.3, 0.4) is 0 Å². The lowest BCUT2D eigenvalue weighted by atomic mass is 10.1. The van der Waals surface area contributed by atoms with E-state index in [0.717, 1.165) is 12.8 Å². The molecule has 1 unspecified atom stereocenters. The molecule has 0 aliphatic carbocycles. The second-order valence-corrected chi connectivity index (χ2v) is 6.11. The first-order valence-corrected chi connectivity index (χ1v) is 7.50. The van der Waals surface area contributed by atoms with Crippen molar-refractivity contribution in [3.8, 4) is 0 Å². The third kappa shape index (κ3) is 3.31. The molecule has 0 radical (unpaired) electrons. The van der Waals surface area contributed by atoms with Crippen molar-refractivity contribution in [3.05, 3.63) is 35.9 Å². The highest BCUT2D eigenvalue weighted by Crippen LogP contribution is 2.17. The number of nitrogens with one attached hydrogen (secondary N) is 1. The zero-order chi connectivity index (χ0) is 13.9. The Morgan fingerprint density at radius 3 is 2.32 bits per heavy atom. The van der Waals surface area contributed by atoms with Crippen LogP contribution < -0.4 is 4.72 Å². The summed E-state index contributed by atoms with van der Waals surface area (Å²) in [5.74, 6) is -1.21. The summed E-state index contributed by atoms with van der Waals surface area (Å²) >= 11 is 0.